The summed E-state index contributed by atoms with van der Waals surface area (Å²) in [6.45, 7) is 0.432. The lowest BCUT2D eigenvalue weighted by Crippen LogP contribution is -2.42. The van der Waals surface area contributed by atoms with E-state index in [1.165, 1.54) is 4.90 Å². The van der Waals surface area contributed by atoms with Crippen molar-refractivity contribution in [3.63, 3.8) is 0 Å². The second-order valence-electron chi connectivity index (χ2n) is 8.34. The summed E-state index contributed by atoms with van der Waals surface area (Å²) in [5, 5.41) is 5.46. The quantitative estimate of drug-likeness (QED) is 0.401. The van der Waals surface area contributed by atoms with Gasteiger partial charge in [-0.2, -0.15) is 0 Å². The molecule has 9 nitrogen and oxygen atoms in total. The van der Waals surface area contributed by atoms with Gasteiger partial charge in [-0.25, -0.2) is 0 Å². The second kappa shape index (κ2) is 12.7. The summed E-state index contributed by atoms with van der Waals surface area (Å²) >= 11 is 0. The molecule has 192 valence electrons. The highest BCUT2D eigenvalue weighted by molar-refractivity contribution is 7.86. The Morgan fingerprint density at radius 2 is 1.49 bits per heavy atom. The molecule has 1 aliphatic rings. The number of hydrogen-bond donors (Lipinski definition) is 2. The van der Waals surface area contributed by atoms with Gasteiger partial charge >= 0.3 is 0 Å². The van der Waals surface area contributed by atoms with Crippen molar-refractivity contribution in [1.82, 2.24) is 10.2 Å². The van der Waals surface area contributed by atoms with Gasteiger partial charge in [0, 0.05) is 35.6 Å². The normalized spacial score (nSPS) is 12.4. The average molecular weight is 522 g/mol. The summed E-state index contributed by atoms with van der Waals surface area (Å²) in [5.41, 5.74) is 2.24. The first kappa shape index (κ1) is 25.9. The van der Waals surface area contributed by atoms with Crippen LogP contribution in [0.3, 0.4) is 0 Å². The number of hydrogen-bond acceptors (Lipinski definition) is 6. The van der Waals surface area contributed by atoms with Gasteiger partial charge in [0.05, 0.1) is 6.54 Å². The van der Waals surface area contributed by atoms with Crippen LogP contribution in [-0.4, -0.2) is 51.7 Å². The molecule has 10 heteroatoms. The number of nitrogens with one attached hydrogen (secondary N) is 2. The number of carbonyl (C=O) groups excluding carboxylic acids is 3. The largest absolute Gasteiger partial charge is 0.454 e. The zero-order valence-electron chi connectivity index (χ0n) is 20.1. The summed E-state index contributed by atoms with van der Waals surface area (Å²) in [5.74, 6) is -0.963. The van der Waals surface area contributed by atoms with Crippen LogP contribution in [-0.2, 0) is 38.3 Å². The third-order valence-electron chi connectivity index (χ3n) is 5.47. The fourth-order valence-electron chi connectivity index (χ4n) is 3.66. The molecule has 0 aromatic heterocycles. The number of benzene rings is 3. The lowest BCUT2D eigenvalue weighted by molar-refractivity contribution is -0.134. The Morgan fingerprint density at radius 3 is 2.22 bits per heavy atom. The Hall–Kier alpha value is -4.18. The van der Waals surface area contributed by atoms with E-state index in [4.69, 9.17) is 9.47 Å². The maximum atomic E-state index is 13.0. The van der Waals surface area contributed by atoms with Crippen LogP contribution in [0.1, 0.15) is 11.1 Å². The molecule has 2 N–H and O–H groups in total. The Bertz CT molecular complexity index is 1270. The monoisotopic (exact) mass is 521 g/mol. The van der Waals surface area contributed by atoms with Gasteiger partial charge in [0.15, 0.2) is 11.5 Å². The van der Waals surface area contributed by atoms with Crippen LogP contribution in [0.2, 0.25) is 0 Å². The number of anilines is 1. The van der Waals surface area contributed by atoms with Crippen molar-refractivity contribution >= 4 is 34.2 Å². The molecule has 37 heavy (non-hydrogen) atoms. The van der Waals surface area contributed by atoms with Crippen molar-refractivity contribution in [2.24, 2.45) is 0 Å². The lowest BCUT2D eigenvalue weighted by atomic mass is 10.2. The summed E-state index contributed by atoms with van der Waals surface area (Å²) < 4.78 is 23.2. The number of nitrogens with zero attached hydrogens (tertiary/aromatic N) is 1. The third kappa shape index (κ3) is 7.91. The predicted molar refractivity (Wildman–Crippen MR) is 139 cm³/mol. The van der Waals surface area contributed by atoms with Crippen molar-refractivity contribution < 1.29 is 28.1 Å². The van der Waals surface area contributed by atoms with Crippen LogP contribution in [0.5, 0.6) is 11.5 Å². The van der Waals surface area contributed by atoms with Crippen molar-refractivity contribution in [1.29, 1.82) is 0 Å². The fourth-order valence-corrected chi connectivity index (χ4v) is 4.58. The smallest absolute Gasteiger partial charge is 0.239 e. The highest BCUT2D eigenvalue weighted by atomic mass is 32.2. The molecule has 0 spiro atoms. The number of ether oxygens (including phenoxy) is 2. The molecular weight excluding hydrogens is 494 g/mol. The highest BCUT2D eigenvalue weighted by Gasteiger charge is 2.22. The summed E-state index contributed by atoms with van der Waals surface area (Å²) in [7, 11) is -1.77. The number of carbonyl (C=O) groups is 3. The average Bonchev–Trinajstić information content (AvgIpc) is 3.36. The molecule has 1 heterocycles. The maximum absolute atomic E-state index is 13.0. The summed E-state index contributed by atoms with van der Waals surface area (Å²) in [6, 6.07) is 23.6. The van der Waals surface area contributed by atoms with Crippen molar-refractivity contribution in [2.75, 3.05) is 30.2 Å². The van der Waals surface area contributed by atoms with E-state index in [1.807, 2.05) is 60.7 Å². The van der Waals surface area contributed by atoms with Gasteiger partial charge in [-0.15, -0.1) is 0 Å². The molecule has 0 bridgehead atoms. The van der Waals surface area contributed by atoms with Gasteiger partial charge < -0.3 is 25.0 Å². The minimum Gasteiger partial charge on any atom is -0.454 e. The minimum atomic E-state index is -1.77. The molecule has 0 saturated carbocycles. The van der Waals surface area contributed by atoms with Crippen LogP contribution in [0.4, 0.5) is 5.69 Å². The molecule has 1 atom stereocenters. The van der Waals surface area contributed by atoms with E-state index in [0.717, 1.165) is 11.1 Å². The number of rotatable bonds is 11. The van der Waals surface area contributed by atoms with E-state index >= 15 is 0 Å². The van der Waals surface area contributed by atoms with Crippen LogP contribution in [0.15, 0.2) is 78.9 Å². The molecule has 3 amide bonds. The Labute approximate surface area is 217 Å². The van der Waals surface area contributed by atoms with Gasteiger partial charge in [0.1, 0.15) is 11.5 Å². The zero-order chi connectivity index (χ0) is 26.0. The Kier molecular flexibility index (Phi) is 8.88. The molecule has 4 rings (SSSR count). The molecule has 0 saturated heterocycles. The van der Waals surface area contributed by atoms with Gasteiger partial charge in [-0.1, -0.05) is 60.7 Å². The first-order chi connectivity index (χ1) is 18.0. The van der Waals surface area contributed by atoms with Gasteiger partial charge in [0.25, 0.3) is 0 Å². The van der Waals surface area contributed by atoms with E-state index in [9.17, 15) is 18.6 Å². The van der Waals surface area contributed by atoms with Gasteiger partial charge in [-0.3, -0.25) is 18.6 Å². The summed E-state index contributed by atoms with van der Waals surface area (Å²) in [4.78, 5) is 39.4. The van der Waals surface area contributed by atoms with Crippen molar-refractivity contribution in [3.8, 4) is 11.5 Å². The van der Waals surface area contributed by atoms with Crippen LogP contribution < -0.4 is 20.1 Å². The third-order valence-corrected chi connectivity index (χ3v) is 6.62. The van der Waals surface area contributed by atoms with Gasteiger partial charge in [0.2, 0.25) is 24.5 Å². The molecule has 0 fully saturated rings. The van der Waals surface area contributed by atoms with E-state index in [-0.39, 0.29) is 37.3 Å². The number of amides is 3. The first-order valence-electron chi connectivity index (χ1n) is 11.6. The number of fused-ring (bicyclic) bond motifs is 1. The lowest BCUT2D eigenvalue weighted by Gasteiger charge is -2.22. The molecular formula is C27H27N3O6S. The topological polar surface area (TPSA) is 114 Å². The van der Waals surface area contributed by atoms with E-state index in [1.54, 1.807) is 18.2 Å². The Balaban J connectivity index is 1.32. The molecule has 3 aromatic carbocycles. The van der Waals surface area contributed by atoms with Crippen LogP contribution >= 0.6 is 0 Å². The molecule has 0 radical (unpaired) electrons. The van der Waals surface area contributed by atoms with E-state index in [0.29, 0.717) is 23.7 Å². The maximum Gasteiger partial charge on any atom is 0.239 e. The first-order valence-corrected chi connectivity index (χ1v) is 13.1. The minimum absolute atomic E-state index is 0.114. The van der Waals surface area contributed by atoms with E-state index < -0.39 is 22.6 Å². The van der Waals surface area contributed by atoms with Crippen molar-refractivity contribution in [3.05, 3.63) is 90.0 Å². The van der Waals surface area contributed by atoms with Crippen LogP contribution in [0.25, 0.3) is 0 Å². The SMILES string of the molecule is O=C(CN(Cc1ccccc1)C(=O)CS(=O)CC(=O)Nc1ccc2c(c1)OCO2)NCc1ccccc1. The molecule has 3 aromatic rings. The second-order valence-corrected chi connectivity index (χ2v) is 9.80. The Morgan fingerprint density at radius 1 is 0.811 bits per heavy atom. The standard InChI is InChI=1S/C27H27N3O6S/c31-25(28-14-20-7-3-1-4-8-20)16-30(15-21-9-5-2-6-10-21)27(33)18-37(34)17-26(32)29-22-11-12-23-24(13-22)36-19-35-23/h1-13H,14-19H2,(H,28,31)(H,29,32). The molecule has 1 unspecified atom stereocenters. The fraction of sp³-hybridized carbons (Fsp3) is 0.222. The zero-order valence-corrected chi connectivity index (χ0v) is 20.9. The predicted octanol–water partition coefficient (Wildman–Crippen LogP) is 2.45. The van der Waals surface area contributed by atoms with Gasteiger partial charge in [-0.05, 0) is 23.3 Å². The van der Waals surface area contributed by atoms with Crippen LogP contribution in [0, 0.1) is 0 Å². The van der Waals surface area contributed by atoms with Crippen molar-refractivity contribution in [2.45, 2.75) is 13.1 Å². The molecule has 0 aliphatic carbocycles. The highest BCUT2D eigenvalue weighted by Crippen LogP contribution is 2.34. The van der Waals surface area contributed by atoms with E-state index in [2.05, 4.69) is 10.6 Å². The summed E-state index contributed by atoms with van der Waals surface area (Å²) in [6.07, 6.45) is 0. The molecule has 1 aliphatic heterocycles.